The molecule has 27 heavy (non-hydrogen) atoms. The minimum absolute atomic E-state index is 0. The summed E-state index contributed by atoms with van der Waals surface area (Å²) in [4.78, 5) is 6.34. The first-order valence-electron chi connectivity index (χ1n) is 8.57. The minimum Gasteiger partial charge on any atom is -0.355 e. The molecule has 1 fully saturated rings. The second-order valence-corrected chi connectivity index (χ2v) is 9.36. The van der Waals surface area contributed by atoms with Crippen molar-refractivity contribution in [2.75, 3.05) is 51.0 Å². The molecule has 0 aliphatic carbocycles. The molecule has 0 saturated carbocycles. The van der Waals surface area contributed by atoms with E-state index in [1.807, 2.05) is 6.26 Å². The molecule has 0 spiro atoms. The van der Waals surface area contributed by atoms with Gasteiger partial charge in [0.2, 0.25) is 0 Å². The van der Waals surface area contributed by atoms with Gasteiger partial charge in [0.15, 0.2) is 15.8 Å². The number of nitrogens with zero attached hydrogens (tertiary/aromatic N) is 2. The Hall–Kier alpha value is -0.590. The molecular weight excluding hydrogens is 502 g/mol. The summed E-state index contributed by atoms with van der Waals surface area (Å²) in [7, 11) is -1.13. The largest absolute Gasteiger partial charge is 0.355 e. The molecular formula is C17H28FIN4O2S2. The summed E-state index contributed by atoms with van der Waals surface area (Å²) in [5, 5.41) is 6.49. The van der Waals surface area contributed by atoms with E-state index in [0.717, 1.165) is 23.4 Å². The van der Waals surface area contributed by atoms with Gasteiger partial charge in [-0.3, -0.25) is 9.89 Å². The average molecular weight is 530 g/mol. The standard InChI is InChI=1S/C17H27FN4O2S2.HI/c1-19-17(20-5-6-22-7-9-26(23,24)10-8-22)21-12-14-3-4-16(18)11-15(14)13-25-2;/h3-4,11H,5-10,12-13H2,1-2H3,(H2,19,20,21);1H. The van der Waals surface area contributed by atoms with Crippen molar-refractivity contribution >= 4 is 51.5 Å². The predicted octanol–water partition coefficient (Wildman–Crippen LogP) is 1.70. The van der Waals surface area contributed by atoms with Gasteiger partial charge in [0.05, 0.1) is 11.5 Å². The van der Waals surface area contributed by atoms with Crippen molar-refractivity contribution in [1.29, 1.82) is 0 Å². The van der Waals surface area contributed by atoms with E-state index in [2.05, 4.69) is 20.5 Å². The predicted molar refractivity (Wildman–Crippen MR) is 122 cm³/mol. The summed E-state index contributed by atoms with van der Waals surface area (Å²) in [6, 6.07) is 4.85. The van der Waals surface area contributed by atoms with Crippen LogP contribution in [-0.4, -0.2) is 70.3 Å². The van der Waals surface area contributed by atoms with Crippen molar-refractivity contribution < 1.29 is 12.8 Å². The Morgan fingerprint density at radius 1 is 1.26 bits per heavy atom. The smallest absolute Gasteiger partial charge is 0.191 e. The lowest BCUT2D eigenvalue weighted by atomic mass is 10.1. The summed E-state index contributed by atoms with van der Waals surface area (Å²) >= 11 is 1.66. The van der Waals surface area contributed by atoms with E-state index in [1.54, 1.807) is 30.9 Å². The lowest BCUT2D eigenvalue weighted by molar-refractivity contribution is 0.299. The topological polar surface area (TPSA) is 73.8 Å². The number of guanidine groups is 1. The van der Waals surface area contributed by atoms with Crippen LogP contribution in [0.5, 0.6) is 0 Å². The molecule has 1 aliphatic heterocycles. The molecule has 10 heteroatoms. The molecule has 0 radical (unpaired) electrons. The zero-order valence-corrected chi connectivity index (χ0v) is 19.7. The fraction of sp³-hybridized carbons (Fsp3) is 0.588. The monoisotopic (exact) mass is 530 g/mol. The summed E-state index contributed by atoms with van der Waals surface area (Å²) in [6.45, 7) is 3.19. The normalized spacial score (nSPS) is 17.2. The van der Waals surface area contributed by atoms with Gasteiger partial charge in [0.1, 0.15) is 5.82 Å². The second kappa shape index (κ2) is 12.1. The number of sulfone groups is 1. The van der Waals surface area contributed by atoms with Crippen molar-refractivity contribution in [3.05, 3.63) is 35.1 Å². The molecule has 6 nitrogen and oxygen atoms in total. The average Bonchev–Trinajstić information content (AvgIpc) is 2.61. The molecule has 0 atom stereocenters. The van der Waals surface area contributed by atoms with E-state index in [4.69, 9.17) is 0 Å². The van der Waals surface area contributed by atoms with Gasteiger partial charge in [-0.25, -0.2) is 12.8 Å². The van der Waals surface area contributed by atoms with Gasteiger partial charge < -0.3 is 10.6 Å². The fourth-order valence-corrected chi connectivity index (χ4v) is 4.62. The van der Waals surface area contributed by atoms with Gasteiger partial charge in [-0.2, -0.15) is 11.8 Å². The van der Waals surface area contributed by atoms with Gasteiger partial charge >= 0.3 is 0 Å². The molecule has 0 unspecified atom stereocenters. The van der Waals surface area contributed by atoms with Gasteiger partial charge in [-0.1, -0.05) is 6.07 Å². The van der Waals surface area contributed by atoms with Crippen LogP contribution < -0.4 is 10.6 Å². The fourth-order valence-electron chi connectivity index (χ4n) is 2.76. The molecule has 1 aromatic carbocycles. The molecule has 0 aromatic heterocycles. The van der Waals surface area contributed by atoms with Gasteiger partial charge in [0.25, 0.3) is 0 Å². The molecule has 1 heterocycles. The van der Waals surface area contributed by atoms with Crippen molar-refractivity contribution in [2.45, 2.75) is 12.3 Å². The van der Waals surface area contributed by atoms with Crippen LogP contribution >= 0.6 is 35.7 Å². The first-order valence-corrected chi connectivity index (χ1v) is 11.8. The van der Waals surface area contributed by atoms with Gasteiger partial charge in [-0.15, -0.1) is 24.0 Å². The maximum absolute atomic E-state index is 13.4. The highest BCUT2D eigenvalue weighted by molar-refractivity contribution is 14.0. The van der Waals surface area contributed by atoms with Crippen LogP contribution in [0.4, 0.5) is 4.39 Å². The number of rotatable bonds is 7. The highest BCUT2D eigenvalue weighted by Gasteiger charge is 2.20. The van der Waals surface area contributed by atoms with Crippen molar-refractivity contribution in [3.63, 3.8) is 0 Å². The number of thioether (sulfide) groups is 1. The Balaban J connectivity index is 0.00000364. The van der Waals surface area contributed by atoms with Crippen molar-refractivity contribution in [3.8, 4) is 0 Å². The van der Waals surface area contributed by atoms with E-state index < -0.39 is 9.84 Å². The number of benzene rings is 1. The van der Waals surface area contributed by atoms with Crippen LogP contribution in [0.15, 0.2) is 23.2 Å². The SMILES string of the molecule is CN=C(NCCN1CCS(=O)(=O)CC1)NCc1ccc(F)cc1CSC.I. The maximum atomic E-state index is 13.4. The zero-order valence-electron chi connectivity index (χ0n) is 15.7. The third-order valence-electron chi connectivity index (χ3n) is 4.30. The molecule has 154 valence electrons. The van der Waals surface area contributed by atoms with Gasteiger partial charge in [-0.05, 0) is 29.5 Å². The number of halogens is 2. The highest BCUT2D eigenvalue weighted by atomic mass is 127. The maximum Gasteiger partial charge on any atom is 0.191 e. The molecule has 0 amide bonds. The summed E-state index contributed by atoms with van der Waals surface area (Å²) in [6.07, 6.45) is 1.99. The molecule has 1 aliphatic rings. The Morgan fingerprint density at radius 3 is 2.59 bits per heavy atom. The third kappa shape index (κ3) is 8.53. The summed E-state index contributed by atoms with van der Waals surface area (Å²) < 4.78 is 36.3. The lowest BCUT2D eigenvalue weighted by Crippen LogP contribution is -2.45. The van der Waals surface area contributed by atoms with Crippen molar-refractivity contribution in [2.24, 2.45) is 4.99 Å². The summed E-state index contributed by atoms with van der Waals surface area (Å²) in [5.74, 6) is 1.70. The van der Waals surface area contributed by atoms with Crippen LogP contribution in [0.3, 0.4) is 0 Å². The molecule has 1 saturated heterocycles. The number of hydrogen-bond acceptors (Lipinski definition) is 5. The number of aliphatic imine (C=N–C) groups is 1. The first kappa shape index (κ1) is 24.4. The Bertz CT molecular complexity index is 718. The third-order valence-corrected chi connectivity index (χ3v) is 6.50. The highest BCUT2D eigenvalue weighted by Crippen LogP contribution is 2.16. The van der Waals surface area contributed by atoms with Crippen molar-refractivity contribution in [1.82, 2.24) is 15.5 Å². The van der Waals surface area contributed by atoms with Crippen LogP contribution in [0, 0.1) is 5.82 Å². The Morgan fingerprint density at radius 2 is 1.96 bits per heavy atom. The lowest BCUT2D eigenvalue weighted by Gasteiger charge is -2.26. The van der Waals surface area contributed by atoms with Crippen LogP contribution in [-0.2, 0) is 22.1 Å². The van der Waals surface area contributed by atoms with Crippen LogP contribution in [0.1, 0.15) is 11.1 Å². The number of hydrogen-bond donors (Lipinski definition) is 2. The minimum atomic E-state index is -2.84. The zero-order chi connectivity index (χ0) is 19.0. The molecule has 2 N–H and O–H groups in total. The quantitative estimate of drug-likeness (QED) is 0.318. The Kier molecular flexibility index (Phi) is 10.9. The Labute approximate surface area is 182 Å². The van der Waals surface area contributed by atoms with Crippen LogP contribution in [0.25, 0.3) is 0 Å². The first-order chi connectivity index (χ1) is 12.4. The van der Waals surface area contributed by atoms with Crippen LogP contribution in [0.2, 0.25) is 0 Å². The van der Waals surface area contributed by atoms with E-state index in [1.165, 1.54) is 6.07 Å². The second-order valence-electron chi connectivity index (χ2n) is 6.19. The van der Waals surface area contributed by atoms with Gasteiger partial charge in [0, 0.05) is 45.5 Å². The molecule has 2 rings (SSSR count). The summed E-state index contributed by atoms with van der Waals surface area (Å²) in [5.41, 5.74) is 2.03. The van der Waals surface area contributed by atoms with E-state index in [9.17, 15) is 12.8 Å². The molecule has 0 bridgehead atoms. The van der Waals surface area contributed by atoms with E-state index in [0.29, 0.717) is 32.1 Å². The van der Waals surface area contributed by atoms with E-state index in [-0.39, 0.29) is 41.3 Å². The molecule has 1 aromatic rings. The van der Waals surface area contributed by atoms with E-state index >= 15 is 0 Å². The number of nitrogens with one attached hydrogen (secondary N) is 2.